The third-order valence-corrected chi connectivity index (χ3v) is 3.87. The van der Waals surface area contributed by atoms with Crippen LogP contribution in [0.25, 0.3) is 0 Å². The van der Waals surface area contributed by atoms with Crippen molar-refractivity contribution in [3.8, 4) is 0 Å². The normalized spacial score (nSPS) is 32.7. The Labute approximate surface area is 77.0 Å². The molecule has 0 aromatic heterocycles. The van der Waals surface area contributed by atoms with Gasteiger partial charge < -0.3 is 4.74 Å². The Morgan fingerprint density at radius 3 is 2.67 bits per heavy atom. The monoisotopic (exact) mass is 186 g/mol. The standard InChI is InChI=1S/C9H14O2S/c10-9-6-12-5-8(9)7-1-3-11-4-2-7/h7-8H,1-6H2. The van der Waals surface area contributed by atoms with Crippen molar-refractivity contribution in [2.24, 2.45) is 11.8 Å². The molecule has 2 heterocycles. The van der Waals surface area contributed by atoms with Crippen molar-refractivity contribution in [1.29, 1.82) is 0 Å². The summed E-state index contributed by atoms with van der Waals surface area (Å²) in [5.41, 5.74) is 0. The highest BCUT2D eigenvalue weighted by Crippen LogP contribution is 2.32. The predicted molar refractivity (Wildman–Crippen MR) is 49.4 cm³/mol. The Morgan fingerprint density at radius 1 is 1.33 bits per heavy atom. The topological polar surface area (TPSA) is 26.3 Å². The summed E-state index contributed by atoms with van der Waals surface area (Å²) in [6.45, 7) is 1.72. The lowest BCUT2D eigenvalue weighted by molar-refractivity contribution is -0.121. The molecule has 1 unspecified atom stereocenters. The van der Waals surface area contributed by atoms with Crippen LogP contribution in [0.4, 0.5) is 0 Å². The minimum Gasteiger partial charge on any atom is -0.381 e. The van der Waals surface area contributed by atoms with Gasteiger partial charge in [-0.1, -0.05) is 0 Å². The number of ketones is 1. The van der Waals surface area contributed by atoms with Crippen LogP contribution in [0.2, 0.25) is 0 Å². The highest BCUT2D eigenvalue weighted by Gasteiger charge is 2.33. The minimum absolute atomic E-state index is 0.360. The van der Waals surface area contributed by atoms with Gasteiger partial charge in [-0.05, 0) is 18.8 Å². The van der Waals surface area contributed by atoms with Crippen molar-refractivity contribution in [2.75, 3.05) is 24.7 Å². The van der Waals surface area contributed by atoms with Crippen LogP contribution in [0.1, 0.15) is 12.8 Å². The van der Waals surface area contributed by atoms with E-state index in [-0.39, 0.29) is 0 Å². The number of hydrogen-bond donors (Lipinski definition) is 0. The fraction of sp³-hybridized carbons (Fsp3) is 0.889. The second-order valence-corrected chi connectivity index (χ2v) is 4.57. The molecule has 2 saturated heterocycles. The molecule has 0 aromatic rings. The average molecular weight is 186 g/mol. The largest absolute Gasteiger partial charge is 0.381 e. The molecule has 0 N–H and O–H groups in total. The van der Waals surface area contributed by atoms with E-state index in [1.807, 2.05) is 0 Å². The minimum atomic E-state index is 0.360. The van der Waals surface area contributed by atoms with Gasteiger partial charge in [0.1, 0.15) is 5.78 Å². The molecule has 0 amide bonds. The zero-order chi connectivity index (χ0) is 8.39. The first-order valence-corrected chi connectivity index (χ1v) is 5.71. The maximum absolute atomic E-state index is 11.4. The second kappa shape index (κ2) is 3.79. The Bertz CT molecular complexity index is 175. The molecule has 1 atom stereocenters. The van der Waals surface area contributed by atoms with Gasteiger partial charge in [-0.3, -0.25) is 4.79 Å². The fourth-order valence-corrected chi connectivity index (χ4v) is 3.25. The van der Waals surface area contributed by atoms with Crippen LogP contribution in [-0.4, -0.2) is 30.5 Å². The van der Waals surface area contributed by atoms with E-state index in [2.05, 4.69) is 0 Å². The quantitative estimate of drug-likeness (QED) is 0.618. The molecule has 2 aliphatic rings. The molecule has 0 radical (unpaired) electrons. The summed E-state index contributed by atoms with van der Waals surface area (Å²) in [5.74, 6) is 3.28. The van der Waals surface area contributed by atoms with Crippen LogP contribution in [0, 0.1) is 11.8 Å². The molecule has 0 aliphatic carbocycles. The molecule has 0 aromatic carbocycles. The Hall–Kier alpha value is -0.0200. The molecular formula is C9H14O2S. The first-order valence-electron chi connectivity index (χ1n) is 4.56. The molecule has 12 heavy (non-hydrogen) atoms. The van der Waals surface area contributed by atoms with E-state index in [1.54, 1.807) is 11.8 Å². The Balaban J connectivity index is 1.93. The number of thioether (sulfide) groups is 1. The van der Waals surface area contributed by atoms with Crippen molar-refractivity contribution in [3.05, 3.63) is 0 Å². The molecule has 0 bridgehead atoms. The summed E-state index contributed by atoms with van der Waals surface area (Å²) in [6, 6.07) is 0. The van der Waals surface area contributed by atoms with Crippen LogP contribution in [0.5, 0.6) is 0 Å². The van der Waals surface area contributed by atoms with Gasteiger partial charge in [0, 0.05) is 24.9 Å². The van der Waals surface area contributed by atoms with Crippen LogP contribution in [-0.2, 0) is 9.53 Å². The Morgan fingerprint density at radius 2 is 2.08 bits per heavy atom. The number of carbonyl (C=O) groups is 1. The highest BCUT2D eigenvalue weighted by molar-refractivity contribution is 8.00. The van der Waals surface area contributed by atoms with Gasteiger partial charge in [0.15, 0.2) is 0 Å². The van der Waals surface area contributed by atoms with E-state index in [4.69, 9.17) is 4.74 Å². The number of carbonyl (C=O) groups excluding carboxylic acids is 1. The fourth-order valence-electron chi connectivity index (χ4n) is 2.00. The summed E-state index contributed by atoms with van der Waals surface area (Å²) in [4.78, 5) is 11.4. The summed E-state index contributed by atoms with van der Waals surface area (Å²) in [5, 5.41) is 0. The van der Waals surface area contributed by atoms with Crippen molar-refractivity contribution in [3.63, 3.8) is 0 Å². The molecule has 0 saturated carbocycles. The van der Waals surface area contributed by atoms with Gasteiger partial charge in [0.2, 0.25) is 0 Å². The van der Waals surface area contributed by atoms with Crippen LogP contribution < -0.4 is 0 Å². The van der Waals surface area contributed by atoms with E-state index in [0.29, 0.717) is 17.6 Å². The third kappa shape index (κ3) is 1.67. The molecule has 0 spiro atoms. The van der Waals surface area contributed by atoms with Crippen molar-refractivity contribution < 1.29 is 9.53 Å². The van der Waals surface area contributed by atoms with E-state index in [0.717, 1.165) is 37.6 Å². The molecule has 2 rings (SSSR count). The molecule has 68 valence electrons. The smallest absolute Gasteiger partial charge is 0.146 e. The van der Waals surface area contributed by atoms with Gasteiger partial charge in [-0.2, -0.15) is 11.8 Å². The summed E-state index contributed by atoms with van der Waals surface area (Å²) in [6.07, 6.45) is 2.19. The average Bonchev–Trinajstić information content (AvgIpc) is 2.53. The van der Waals surface area contributed by atoms with E-state index in [1.165, 1.54) is 0 Å². The van der Waals surface area contributed by atoms with Gasteiger partial charge >= 0.3 is 0 Å². The molecular weight excluding hydrogens is 172 g/mol. The van der Waals surface area contributed by atoms with Crippen LogP contribution in [0.3, 0.4) is 0 Å². The number of rotatable bonds is 1. The summed E-state index contributed by atoms with van der Waals surface area (Å²) < 4.78 is 5.28. The first kappa shape index (κ1) is 8.57. The summed E-state index contributed by atoms with van der Waals surface area (Å²) >= 11 is 1.79. The third-order valence-electron chi connectivity index (χ3n) is 2.79. The van der Waals surface area contributed by atoms with E-state index < -0.39 is 0 Å². The first-order chi connectivity index (χ1) is 5.88. The maximum Gasteiger partial charge on any atom is 0.146 e. The van der Waals surface area contributed by atoms with Gasteiger partial charge in [0.25, 0.3) is 0 Å². The van der Waals surface area contributed by atoms with Crippen molar-refractivity contribution in [2.45, 2.75) is 12.8 Å². The second-order valence-electron chi connectivity index (χ2n) is 3.54. The van der Waals surface area contributed by atoms with E-state index in [9.17, 15) is 4.79 Å². The molecule has 2 nitrogen and oxygen atoms in total. The predicted octanol–water partition coefficient (Wildman–Crippen LogP) is 1.35. The van der Waals surface area contributed by atoms with Crippen LogP contribution in [0.15, 0.2) is 0 Å². The maximum atomic E-state index is 11.4. The lowest BCUT2D eigenvalue weighted by atomic mass is 9.85. The highest BCUT2D eigenvalue weighted by atomic mass is 32.2. The van der Waals surface area contributed by atoms with Crippen LogP contribution >= 0.6 is 11.8 Å². The Kier molecular flexibility index (Phi) is 2.71. The lowest BCUT2D eigenvalue weighted by Crippen LogP contribution is -2.27. The number of ether oxygens (including phenoxy) is 1. The van der Waals surface area contributed by atoms with Crippen molar-refractivity contribution in [1.82, 2.24) is 0 Å². The SMILES string of the molecule is O=C1CSCC1C1CCOCC1. The number of hydrogen-bond acceptors (Lipinski definition) is 3. The lowest BCUT2D eigenvalue weighted by Gasteiger charge is -2.25. The molecule has 2 fully saturated rings. The number of Topliss-reactive ketones (excluding diaryl/α,β-unsaturated/α-hetero) is 1. The zero-order valence-electron chi connectivity index (χ0n) is 7.12. The van der Waals surface area contributed by atoms with Crippen molar-refractivity contribution >= 4 is 17.5 Å². The summed E-state index contributed by atoms with van der Waals surface area (Å²) in [7, 11) is 0. The zero-order valence-corrected chi connectivity index (χ0v) is 7.94. The van der Waals surface area contributed by atoms with Gasteiger partial charge in [-0.25, -0.2) is 0 Å². The molecule has 3 heteroatoms. The van der Waals surface area contributed by atoms with Gasteiger partial charge in [0.05, 0.1) is 5.75 Å². The van der Waals surface area contributed by atoms with E-state index >= 15 is 0 Å². The van der Waals surface area contributed by atoms with Gasteiger partial charge in [-0.15, -0.1) is 0 Å². The molecule has 2 aliphatic heterocycles.